The van der Waals surface area contributed by atoms with Gasteiger partial charge in [0.15, 0.2) is 5.82 Å². The van der Waals surface area contributed by atoms with Crippen LogP contribution in [0.4, 0.5) is 21.7 Å². The lowest BCUT2D eigenvalue weighted by atomic mass is 10.1. The van der Waals surface area contributed by atoms with Crippen LogP contribution >= 0.6 is 0 Å². The van der Waals surface area contributed by atoms with Crippen LogP contribution in [0, 0.1) is 5.82 Å². The molecule has 0 fully saturated rings. The molecule has 1 aromatic heterocycles. The zero-order chi connectivity index (χ0) is 25.1. The van der Waals surface area contributed by atoms with Crippen LogP contribution in [0.5, 0.6) is 0 Å². The van der Waals surface area contributed by atoms with Crippen molar-refractivity contribution < 1.29 is 17.6 Å². The second-order valence-corrected chi connectivity index (χ2v) is 10.8. The number of nitrogens with zero attached hydrogens (tertiary/aromatic N) is 5. The van der Waals surface area contributed by atoms with Crippen LogP contribution in [-0.2, 0) is 16.6 Å². The lowest BCUT2D eigenvalue weighted by Gasteiger charge is -2.30. The van der Waals surface area contributed by atoms with E-state index >= 15 is 0 Å². The molecule has 10 nitrogen and oxygen atoms in total. The largest absolute Gasteiger partial charge is 0.340 e. The molecular weight excluding hydrogens is 473 g/mol. The van der Waals surface area contributed by atoms with E-state index in [0.717, 1.165) is 5.56 Å². The number of carbonyl (C=O) groups excluding carboxylic acids is 1. The maximum absolute atomic E-state index is 13.5. The first-order chi connectivity index (χ1) is 16.4. The van der Waals surface area contributed by atoms with E-state index in [1.54, 1.807) is 36.0 Å². The topological polar surface area (TPSA) is 126 Å². The van der Waals surface area contributed by atoms with Gasteiger partial charge < -0.3 is 5.32 Å². The van der Waals surface area contributed by atoms with Gasteiger partial charge in [0.05, 0.1) is 23.5 Å². The zero-order valence-corrected chi connectivity index (χ0v) is 20.2. The van der Waals surface area contributed by atoms with Crippen LogP contribution in [0.25, 0.3) is 0 Å². The third-order valence-corrected chi connectivity index (χ3v) is 6.82. The van der Waals surface area contributed by atoms with Crippen molar-refractivity contribution in [1.29, 1.82) is 0 Å². The Morgan fingerprint density at radius 2 is 1.77 bits per heavy atom. The molecule has 2 aliphatic heterocycles. The van der Waals surface area contributed by atoms with Crippen LogP contribution in [0.3, 0.4) is 0 Å². The van der Waals surface area contributed by atoms with Gasteiger partial charge in [0.1, 0.15) is 17.2 Å². The number of halogens is 1. The summed E-state index contributed by atoms with van der Waals surface area (Å²) in [6.45, 7) is 4.75. The number of amides is 1. The van der Waals surface area contributed by atoms with Gasteiger partial charge in [-0.2, -0.15) is 5.10 Å². The fourth-order valence-electron chi connectivity index (χ4n) is 4.21. The van der Waals surface area contributed by atoms with Crippen LogP contribution in [0.2, 0.25) is 0 Å². The third kappa shape index (κ3) is 4.15. The molecule has 2 aliphatic rings. The predicted molar refractivity (Wildman–Crippen MR) is 130 cm³/mol. The maximum atomic E-state index is 13.5. The number of hydrogen-bond donors (Lipinski definition) is 2. The average Bonchev–Trinajstić information content (AvgIpc) is 3.30. The van der Waals surface area contributed by atoms with E-state index in [9.17, 15) is 17.6 Å². The van der Waals surface area contributed by atoms with Crippen LogP contribution in [-0.4, -0.2) is 54.1 Å². The maximum Gasteiger partial charge on any atom is 0.267 e. The Labute approximate surface area is 201 Å². The SMILES string of the molecule is CN1C(=O)c2c(nn(Cc3ccc(S(N)(=O)=O)cc3)c2Nc2ccc(F)cc2)N2CC(C)(C)N=C12. The molecule has 1 amide bonds. The summed E-state index contributed by atoms with van der Waals surface area (Å²) in [4.78, 5) is 21.5. The number of benzene rings is 2. The molecule has 35 heavy (non-hydrogen) atoms. The molecule has 0 aliphatic carbocycles. The Balaban J connectivity index is 1.61. The quantitative estimate of drug-likeness (QED) is 0.558. The summed E-state index contributed by atoms with van der Waals surface area (Å²) in [5.74, 6) is 0.791. The minimum atomic E-state index is -3.82. The molecule has 0 saturated heterocycles. The summed E-state index contributed by atoms with van der Waals surface area (Å²) >= 11 is 0. The van der Waals surface area contributed by atoms with Gasteiger partial charge in [0.25, 0.3) is 5.91 Å². The highest BCUT2D eigenvalue weighted by molar-refractivity contribution is 7.89. The first kappa shape index (κ1) is 23.0. The second-order valence-electron chi connectivity index (χ2n) is 9.20. The van der Waals surface area contributed by atoms with Gasteiger partial charge in [0.2, 0.25) is 16.0 Å². The van der Waals surface area contributed by atoms with Crippen molar-refractivity contribution >= 4 is 39.2 Å². The molecule has 0 radical (unpaired) electrons. The van der Waals surface area contributed by atoms with Gasteiger partial charge in [-0.25, -0.2) is 27.6 Å². The molecular formula is C23H24FN7O3S. The van der Waals surface area contributed by atoms with Gasteiger partial charge >= 0.3 is 0 Å². The highest BCUT2D eigenvalue weighted by Crippen LogP contribution is 2.38. The van der Waals surface area contributed by atoms with Crippen molar-refractivity contribution in [3.8, 4) is 0 Å². The van der Waals surface area contributed by atoms with Crippen LogP contribution in [0.15, 0.2) is 58.4 Å². The average molecular weight is 498 g/mol. The van der Waals surface area contributed by atoms with E-state index in [1.807, 2.05) is 18.7 Å². The summed E-state index contributed by atoms with van der Waals surface area (Å²) in [5.41, 5.74) is 1.30. The van der Waals surface area contributed by atoms with Crippen molar-refractivity contribution in [2.24, 2.45) is 10.1 Å². The Morgan fingerprint density at radius 3 is 2.40 bits per heavy atom. The van der Waals surface area contributed by atoms with Gasteiger partial charge in [-0.15, -0.1) is 0 Å². The number of hydrogen-bond acceptors (Lipinski definition) is 7. The number of guanidine groups is 1. The Kier molecular flexibility index (Phi) is 5.18. The molecule has 182 valence electrons. The van der Waals surface area contributed by atoms with Gasteiger partial charge in [0, 0.05) is 12.7 Å². The second kappa shape index (κ2) is 7.89. The fourth-order valence-corrected chi connectivity index (χ4v) is 4.73. The summed E-state index contributed by atoms with van der Waals surface area (Å²) < 4.78 is 38.3. The van der Waals surface area contributed by atoms with E-state index in [-0.39, 0.29) is 23.2 Å². The fraction of sp³-hybridized carbons (Fsp3) is 0.261. The first-order valence-corrected chi connectivity index (χ1v) is 12.4. The van der Waals surface area contributed by atoms with Gasteiger partial charge in [-0.3, -0.25) is 14.6 Å². The number of fused-ring (bicyclic) bond motifs is 3. The highest BCUT2D eigenvalue weighted by Gasteiger charge is 2.45. The van der Waals surface area contributed by atoms with Crippen molar-refractivity contribution in [3.05, 3.63) is 65.5 Å². The number of anilines is 3. The zero-order valence-electron chi connectivity index (χ0n) is 19.4. The Hall–Kier alpha value is -3.77. The number of nitrogens with two attached hydrogens (primary N) is 1. The lowest BCUT2D eigenvalue weighted by Crippen LogP contribution is -2.48. The lowest BCUT2D eigenvalue weighted by molar-refractivity contribution is 0.0866. The Bertz CT molecular complexity index is 1460. The Morgan fingerprint density at radius 1 is 1.11 bits per heavy atom. The van der Waals surface area contributed by atoms with E-state index < -0.39 is 15.6 Å². The van der Waals surface area contributed by atoms with E-state index in [1.165, 1.54) is 29.2 Å². The molecule has 3 N–H and O–H groups in total. The molecule has 0 atom stereocenters. The summed E-state index contributed by atoms with van der Waals surface area (Å²) in [5, 5.41) is 13.2. The molecule has 0 saturated carbocycles. The van der Waals surface area contributed by atoms with Crippen molar-refractivity contribution in [2.45, 2.75) is 30.8 Å². The van der Waals surface area contributed by atoms with E-state index in [2.05, 4.69) is 10.3 Å². The number of aromatic nitrogens is 2. The highest BCUT2D eigenvalue weighted by atomic mass is 32.2. The molecule has 2 aromatic carbocycles. The smallest absolute Gasteiger partial charge is 0.267 e. The van der Waals surface area contributed by atoms with Gasteiger partial charge in [-0.05, 0) is 55.8 Å². The molecule has 12 heteroatoms. The number of carbonyl (C=O) groups is 1. The monoisotopic (exact) mass is 497 g/mol. The van der Waals surface area contributed by atoms with E-state index in [0.29, 0.717) is 35.4 Å². The number of nitrogens with one attached hydrogen (secondary N) is 1. The van der Waals surface area contributed by atoms with Crippen LogP contribution in [0.1, 0.15) is 29.8 Å². The van der Waals surface area contributed by atoms with E-state index in [4.69, 9.17) is 10.2 Å². The summed E-state index contributed by atoms with van der Waals surface area (Å²) in [7, 11) is -2.15. The van der Waals surface area contributed by atoms with Crippen LogP contribution < -0.4 is 15.4 Å². The molecule has 0 spiro atoms. The normalized spacial score (nSPS) is 16.7. The molecule has 0 bridgehead atoms. The number of rotatable bonds is 5. The predicted octanol–water partition coefficient (Wildman–Crippen LogP) is 2.50. The minimum Gasteiger partial charge on any atom is -0.340 e. The van der Waals surface area contributed by atoms with Crippen molar-refractivity contribution in [3.63, 3.8) is 0 Å². The molecule has 3 heterocycles. The molecule has 3 aromatic rings. The van der Waals surface area contributed by atoms with Gasteiger partial charge in [-0.1, -0.05) is 12.1 Å². The number of aliphatic imine (C=N–C) groups is 1. The molecule has 5 rings (SSSR count). The molecule has 0 unspecified atom stereocenters. The number of primary sulfonamides is 1. The summed E-state index contributed by atoms with van der Waals surface area (Å²) in [6, 6.07) is 11.9. The number of sulfonamides is 1. The third-order valence-electron chi connectivity index (χ3n) is 5.89. The van der Waals surface area contributed by atoms with Crippen molar-refractivity contribution in [1.82, 2.24) is 14.7 Å². The van der Waals surface area contributed by atoms with Crippen molar-refractivity contribution in [2.75, 3.05) is 23.8 Å². The minimum absolute atomic E-state index is 0.00243. The summed E-state index contributed by atoms with van der Waals surface area (Å²) in [6.07, 6.45) is 0. The first-order valence-electron chi connectivity index (χ1n) is 10.8. The standard InChI is InChI=1S/C23H24FN7O3S/c1-23(2)13-30-20-18(21(32)29(3)22(30)27-23)19(26-16-8-6-15(24)7-9-16)31(28-20)12-14-4-10-17(11-5-14)35(25,33)34/h4-11,26H,12-13H2,1-3H3,(H2,25,33,34).